The Hall–Kier alpha value is -2.97. The first kappa shape index (κ1) is 21.3. The number of nitrogens with one attached hydrogen (secondary N) is 2. The van der Waals surface area contributed by atoms with Crippen LogP contribution < -0.4 is 10.7 Å². The number of hydrazine groups is 1. The third-order valence-corrected chi connectivity index (χ3v) is 6.81. The molecule has 0 atom stereocenters. The van der Waals surface area contributed by atoms with E-state index in [-0.39, 0.29) is 12.3 Å². The summed E-state index contributed by atoms with van der Waals surface area (Å²) < 4.78 is 1.05. The van der Waals surface area contributed by atoms with Crippen molar-refractivity contribution in [3.63, 3.8) is 0 Å². The highest BCUT2D eigenvalue weighted by Crippen LogP contribution is 2.35. The van der Waals surface area contributed by atoms with Gasteiger partial charge < -0.3 is 5.32 Å². The number of amides is 4. The zero-order valence-electron chi connectivity index (χ0n) is 16.5. The van der Waals surface area contributed by atoms with Crippen LogP contribution in [0.3, 0.4) is 0 Å². The van der Waals surface area contributed by atoms with Crippen molar-refractivity contribution in [1.82, 2.24) is 15.8 Å². The summed E-state index contributed by atoms with van der Waals surface area (Å²) in [6.45, 7) is 0. The van der Waals surface area contributed by atoms with Gasteiger partial charge in [0.1, 0.15) is 0 Å². The van der Waals surface area contributed by atoms with Gasteiger partial charge >= 0.3 is 6.03 Å². The fourth-order valence-electron chi connectivity index (χ4n) is 3.66. The predicted octanol–water partition coefficient (Wildman–Crippen LogP) is 4.36. The lowest BCUT2D eigenvalue weighted by Crippen LogP contribution is -2.49. The Bertz CT molecular complexity index is 1060. The minimum atomic E-state index is -1.39. The van der Waals surface area contributed by atoms with Crippen LogP contribution in [0.2, 0.25) is 0 Å². The van der Waals surface area contributed by atoms with E-state index in [0.29, 0.717) is 17.5 Å². The van der Waals surface area contributed by atoms with Crippen LogP contribution in [0.5, 0.6) is 0 Å². The van der Waals surface area contributed by atoms with E-state index in [9.17, 15) is 14.4 Å². The maximum absolute atomic E-state index is 13.5. The lowest BCUT2D eigenvalue weighted by molar-refractivity contribution is -0.138. The molecule has 2 aromatic carbocycles. The smallest absolute Gasteiger partial charge is 0.314 e. The molecule has 0 spiro atoms. The monoisotopic (exact) mass is 497 g/mol. The molecular formula is C23H20BrN3O3S. The Morgan fingerprint density at radius 1 is 0.968 bits per heavy atom. The van der Waals surface area contributed by atoms with E-state index in [0.717, 1.165) is 15.2 Å². The maximum Gasteiger partial charge on any atom is 0.344 e. The molecule has 1 aliphatic heterocycles. The normalized spacial score (nSPS) is 15.1. The molecule has 1 aliphatic rings. The molecule has 31 heavy (non-hydrogen) atoms. The average Bonchev–Trinajstić information content (AvgIpc) is 3.31. The Morgan fingerprint density at radius 3 is 2.13 bits per heavy atom. The molecule has 4 amide bonds. The SMILES string of the molecule is O=C(CCCc1ccc(Br)s1)NN1C(=O)NC(c2ccccc2)(c2ccccc2)C1=O. The van der Waals surface area contributed by atoms with Gasteiger partial charge in [0.05, 0.1) is 3.79 Å². The van der Waals surface area contributed by atoms with Gasteiger partial charge in [0, 0.05) is 11.3 Å². The predicted molar refractivity (Wildman–Crippen MR) is 122 cm³/mol. The first-order valence-electron chi connectivity index (χ1n) is 9.82. The van der Waals surface area contributed by atoms with Crippen molar-refractivity contribution in [3.05, 3.63) is 92.6 Å². The summed E-state index contributed by atoms with van der Waals surface area (Å²) in [5.41, 5.74) is 2.35. The number of carbonyl (C=O) groups is 3. The van der Waals surface area contributed by atoms with Crippen LogP contribution in [0.25, 0.3) is 0 Å². The number of thiophene rings is 1. The number of hydrogen-bond acceptors (Lipinski definition) is 4. The molecule has 8 heteroatoms. The minimum Gasteiger partial charge on any atom is -0.314 e. The lowest BCUT2D eigenvalue weighted by Gasteiger charge is -2.27. The van der Waals surface area contributed by atoms with Crippen LogP contribution in [0.1, 0.15) is 28.8 Å². The fraction of sp³-hybridized carbons (Fsp3) is 0.174. The number of aryl methyl sites for hydroxylation is 1. The van der Waals surface area contributed by atoms with Crippen LogP contribution in [-0.4, -0.2) is 22.9 Å². The Labute approximate surface area is 192 Å². The van der Waals surface area contributed by atoms with Gasteiger partial charge in [-0.1, -0.05) is 60.7 Å². The summed E-state index contributed by atoms with van der Waals surface area (Å²) in [6, 6.07) is 21.4. The second-order valence-corrected chi connectivity index (χ2v) is 9.69. The maximum atomic E-state index is 13.5. The number of hydrogen-bond donors (Lipinski definition) is 2. The summed E-state index contributed by atoms with van der Waals surface area (Å²) in [5, 5.41) is 3.60. The molecule has 158 valence electrons. The Balaban J connectivity index is 1.51. The van der Waals surface area contributed by atoms with Crippen molar-refractivity contribution in [2.45, 2.75) is 24.8 Å². The van der Waals surface area contributed by atoms with Crippen LogP contribution in [0, 0.1) is 0 Å². The quantitative estimate of drug-likeness (QED) is 0.476. The summed E-state index contributed by atoms with van der Waals surface area (Å²) in [5.74, 6) is -0.915. The molecular weight excluding hydrogens is 478 g/mol. The van der Waals surface area contributed by atoms with Crippen LogP contribution in [0.15, 0.2) is 76.6 Å². The van der Waals surface area contributed by atoms with E-state index in [4.69, 9.17) is 0 Å². The van der Waals surface area contributed by atoms with E-state index in [1.54, 1.807) is 35.6 Å². The molecule has 1 saturated heterocycles. The fourth-order valence-corrected chi connectivity index (χ4v) is 5.18. The molecule has 6 nitrogen and oxygen atoms in total. The molecule has 1 aromatic heterocycles. The average molecular weight is 498 g/mol. The highest BCUT2D eigenvalue weighted by Gasteiger charge is 2.54. The number of urea groups is 1. The Morgan fingerprint density at radius 2 is 1.58 bits per heavy atom. The molecule has 0 saturated carbocycles. The zero-order valence-corrected chi connectivity index (χ0v) is 18.9. The van der Waals surface area contributed by atoms with Crippen molar-refractivity contribution in [2.75, 3.05) is 0 Å². The molecule has 0 bridgehead atoms. The summed E-state index contributed by atoms with van der Waals surface area (Å²) in [6.07, 6.45) is 1.57. The van der Waals surface area contributed by atoms with Crippen molar-refractivity contribution in [3.8, 4) is 0 Å². The van der Waals surface area contributed by atoms with E-state index < -0.39 is 17.5 Å². The Kier molecular flexibility index (Phi) is 6.20. The van der Waals surface area contributed by atoms with E-state index in [1.807, 2.05) is 48.5 Å². The highest BCUT2D eigenvalue weighted by atomic mass is 79.9. The number of nitrogens with zero attached hydrogens (tertiary/aromatic N) is 1. The highest BCUT2D eigenvalue weighted by molar-refractivity contribution is 9.11. The second-order valence-electron chi connectivity index (χ2n) is 7.15. The van der Waals surface area contributed by atoms with Gasteiger partial charge in [-0.3, -0.25) is 15.0 Å². The summed E-state index contributed by atoms with van der Waals surface area (Å²) in [4.78, 5) is 39.9. The van der Waals surface area contributed by atoms with E-state index in [1.165, 1.54) is 4.88 Å². The first-order chi connectivity index (χ1) is 15.0. The number of benzene rings is 2. The van der Waals surface area contributed by atoms with E-state index >= 15 is 0 Å². The van der Waals surface area contributed by atoms with E-state index in [2.05, 4.69) is 26.7 Å². The first-order valence-corrected chi connectivity index (χ1v) is 11.4. The number of imide groups is 1. The minimum absolute atomic E-state index is 0.205. The number of rotatable bonds is 7. The second kappa shape index (κ2) is 9.03. The van der Waals surface area contributed by atoms with Crippen LogP contribution in [-0.2, 0) is 21.5 Å². The molecule has 0 unspecified atom stereocenters. The third-order valence-electron chi connectivity index (χ3n) is 5.13. The third kappa shape index (κ3) is 4.26. The lowest BCUT2D eigenvalue weighted by atomic mass is 9.83. The zero-order chi connectivity index (χ0) is 21.8. The molecule has 0 radical (unpaired) electrons. The van der Waals surface area contributed by atoms with Gasteiger partial charge in [-0.25, -0.2) is 4.79 Å². The molecule has 1 fully saturated rings. The van der Waals surface area contributed by atoms with Gasteiger partial charge in [-0.2, -0.15) is 5.01 Å². The molecule has 2 heterocycles. The van der Waals surface area contributed by atoms with Crippen LogP contribution in [0.4, 0.5) is 4.79 Å². The van der Waals surface area contributed by atoms with Crippen molar-refractivity contribution < 1.29 is 14.4 Å². The topological polar surface area (TPSA) is 78.5 Å². The van der Waals surface area contributed by atoms with Gasteiger partial charge in [0.15, 0.2) is 5.54 Å². The van der Waals surface area contributed by atoms with Crippen molar-refractivity contribution in [1.29, 1.82) is 0 Å². The van der Waals surface area contributed by atoms with Crippen LogP contribution >= 0.6 is 27.3 Å². The molecule has 3 aromatic rings. The van der Waals surface area contributed by atoms with Gasteiger partial charge in [-0.15, -0.1) is 11.3 Å². The van der Waals surface area contributed by atoms with Gasteiger partial charge in [-0.05, 0) is 52.0 Å². The summed E-state index contributed by atoms with van der Waals surface area (Å²) >= 11 is 5.05. The number of halogens is 1. The standard InChI is InChI=1S/C23H20BrN3O3S/c24-19-15-14-18(31-19)12-7-13-20(28)26-27-21(29)23(25-22(27)30,16-8-3-1-4-9-16)17-10-5-2-6-11-17/h1-6,8-11,14-15H,7,12-13H2,(H,25,30)(H,26,28). The molecule has 2 N–H and O–H groups in total. The summed E-state index contributed by atoms with van der Waals surface area (Å²) in [7, 11) is 0. The molecule has 0 aliphatic carbocycles. The van der Waals surface area contributed by atoms with Gasteiger partial charge in [0.2, 0.25) is 5.91 Å². The molecule has 4 rings (SSSR count). The number of carbonyl (C=O) groups excluding carboxylic acids is 3. The van der Waals surface area contributed by atoms with Gasteiger partial charge in [0.25, 0.3) is 5.91 Å². The van der Waals surface area contributed by atoms with Crippen molar-refractivity contribution in [2.24, 2.45) is 0 Å². The van der Waals surface area contributed by atoms with Crippen molar-refractivity contribution >= 4 is 45.1 Å². The largest absolute Gasteiger partial charge is 0.344 e.